The molecule has 0 aromatic heterocycles. The summed E-state index contributed by atoms with van der Waals surface area (Å²) < 4.78 is 0. The molecule has 0 saturated heterocycles. The van der Waals surface area contributed by atoms with Gasteiger partial charge in [0.1, 0.15) is 0 Å². The van der Waals surface area contributed by atoms with Crippen LogP contribution in [0.25, 0.3) is 0 Å². The molecule has 0 radical (unpaired) electrons. The highest BCUT2D eigenvalue weighted by Gasteiger charge is 2.08. The highest BCUT2D eigenvalue weighted by atomic mass is 79.9. The molecule has 0 heterocycles. The maximum Gasteiger partial charge on any atom is 0.269 e. The fraction of sp³-hybridized carbons (Fsp3) is 0.250. The number of benzene rings is 1. The quantitative estimate of drug-likeness (QED) is 0.504. The second-order valence-electron chi connectivity index (χ2n) is 2.50. The summed E-state index contributed by atoms with van der Waals surface area (Å²) in [5, 5.41) is 19.1. The molecule has 0 fully saturated rings. The van der Waals surface area contributed by atoms with E-state index in [4.69, 9.17) is 5.11 Å². The van der Waals surface area contributed by atoms with Crippen molar-refractivity contribution >= 4 is 21.6 Å². The Hall–Kier alpha value is -0.940. The lowest BCUT2D eigenvalue weighted by Gasteiger charge is -2.04. The van der Waals surface area contributed by atoms with Crippen molar-refractivity contribution in [2.45, 2.75) is 4.83 Å². The summed E-state index contributed by atoms with van der Waals surface area (Å²) in [5.74, 6) is 0. The molecule has 5 heteroatoms. The first kappa shape index (κ1) is 10.1. The fourth-order valence-corrected chi connectivity index (χ4v) is 1.22. The maximum absolute atomic E-state index is 10.3. The summed E-state index contributed by atoms with van der Waals surface area (Å²) >= 11 is 3.23. The van der Waals surface area contributed by atoms with Gasteiger partial charge in [-0.25, -0.2) is 0 Å². The van der Waals surface area contributed by atoms with E-state index in [0.29, 0.717) is 0 Å². The number of halogens is 1. The summed E-state index contributed by atoms with van der Waals surface area (Å²) in [6, 6.07) is 6.07. The third kappa shape index (κ3) is 2.50. The van der Waals surface area contributed by atoms with Gasteiger partial charge in [-0.05, 0) is 5.56 Å². The molecule has 70 valence electrons. The molecule has 0 bridgehead atoms. The standard InChI is InChI=1S/C8H8BrNO3/c9-8(5-11)6-1-3-7(4-2-6)10(12)13/h1-4,8,11H,5H2/t8-/m0/s1. The molecule has 1 aromatic rings. The number of aliphatic hydroxyl groups is 1. The zero-order chi connectivity index (χ0) is 9.84. The van der Waals surface area contributed by atoms with E-state index in [1.54, 1.807) is 12.1 Å². The normalized spacial score (nSPS) is 12.5. The Labute approximate surface area is 83.5 Å². The predicted molar refractivity (Wildman–Crippen MR) is 51.9 cm³/mol. The van der Waals surface area contributed by atoms with Gasteiger partial charge in [-0.3, -0.25) is 10.1 Å². The van der Waals surface area contributed by atoms with Gasteiger partial charge in [0.2, 0.25) is 0 Å². The number of nitro benzene ring substituents is 1. The Balaban J connectivity index is 2.87. The van der Waals surface area contributed by atoms with Gasteiger partial charge >= 0.3 is 0 Å². The molecule has 0 aliphatic heterocycles. The van der Waals surface area contributed by atoms with Crippen molar-refractivity contribution < 1.29 is 10.0 Å². The zero-order valence-corrected chi connectivity index (χ0v) is 8.27. The molecule has 1 aromatic carbocycles. The first-order valence-electron chi connectivity index (χ1n) is 3.64. The Bertz CT molecular complexity index is 299. The molecule has 0 saturated carbocycles. The number of hydrogen-bond donors (Lipinski definition) is 1. The Morgan fingerprint density at radius 2 is 2.00 bits per heavy atom. The molecule has 0 aliphatic rings. The van der Waals surface area contributed by atoms with Gasteiger partial charge in [-0.1, -0.05) is 28.1 Å². The molecule has 0 amide bonds. The summed E-state index contributed by atoms with van der Waals surface area (Å²) in [5.41, 5.74) is 0.884. The minimum absolute atomic E-state index is 0.0299. The number of alkyl halides is 1. The number of rotatable bonds is 3. The van der Waals surface area contributed by atoms with Gasteiger partial charge in [0, 0.05) is 12.1 Å². The minimum Gasteiger partial charge on any atom is -0.395 e. The molecule has 1 rings (SSSR count). The van der Waals surface area contributed by atoms with Crippen LogP contribution >= 0.6 is 15.9 Å². The lowest BCUT2D eigenvalue weighted by molar-refractivity contribution is -0.384. The van der Waals surface area contributed by atoms with Gasteiger partial charge < -0.3 is 5.11 Å². The van der Waals surface area contributed by atoms with E-state index >= 15 is 0 Å². The third-order valence-electron chi connectivity index (χ3n) is 1.63. The Morgan fingerprint density at radius 1 is 1.46 bits per heavy atom. The van der Waals surface area contributed by atoms with E-state index in [9.17, 15) is 10.1 Å². The maximum atomic E-state index is 10.3. The molecule has 0 aliphatic carbocycles. The van der Waals surface area contributed by atoms with E-state index in [1.807, 2.05) is 0 Å². The number of nitro groups is 1. The molecule has 4 nitrogen and oxygen atoms in total. The molecule has 1 atom stereocenters. The van der Waals surface area contributed by atoms with Crippen LogP contribution < -0.4 is 0 Å². The van der Waals surface area contributed by atoms with Crippen molar-refractivity contribution in [1.29, 1.82) is 0 Å². The van der Waals surface area contributed by atoms with Crippen LogP contribution in [-0.2, 0) is 0 Å². The van der Waals surface area contributed by atoms with Crippen molar-refractivity contribution in [2.75, 3.05) is 6.61 Å². The molecule has 1 N–H and O–H groups in total. The van der Waals surface area contributed by atoms with E-state index in [-0.39, 0.29) is 17.1 Å². The van der Waals surface area contributed by atoms with Crippen LogP contribution in [0.1, 0.15) is 10.4 Å². The molecular formula is C8H8BrNO3. The van der Waals surface area contributed by atoms with Crippen LogP contribution in [0.3, 0.4) is 0 Å². The summed E-state index contributed by atoms with van der Waals surface area (Å²) in [6.45, 7) is -0.0299. The van der Waals surface area contributed by atoms with Crippen molar-refractivity contribution in [3.8, 4) is 0 Å². The second kappa shape index (κ2) is 4.34. The Kier molecular flexibility index (Phi) is 3.39. The number of hydrogen-bond acceptors (Lipinski definition) is 3. The lowest BCUT2D eigenvalue weighted by Crippen LogP contribution is -1.95. The molecule has 0 spiro atoms. The topological polar surface area (TPSA) is 63.4 Å². The SMILES string of the molecule is O=[N+]([O-])c1ccc([C@@H](Br)CO)cc1. The smallest absolute Gasteiger partial charge is 0.269 e. The van der Waals surface area contributed by atoms with E-state index in [0.717, 1.165) is 5.56 Å². The van der Waals surface area contributed by atoms with Crippen LogP contribution in [0.4, 0.5) is 5.69 Å². The van der Waals surface area contributed by atoms with Gasteiger partial charge in [0.15, 0.2) is 0 Å². The predicted octanol–water partition coefficient (Wildman–Crippen LogP) is 2.02. The van der Waals surface area contributed by atoms with Crippen molar-refractivity contribution in [1.82, 2.24) is 0 Å². The highest BCUT2D eigenvalue weighted by Crippen LogP contribution is 2.23. The van der Waals surface area contributed by atoms with Crippen molar-refractivity contribution in [3.05, 3.63) is 39.9 Å². The molecular weight excluding hydrogens is 238 g/mol. The van der Waals surface area contributed by atoms with E-state index in [2.05, 4.69) is 15.9 Å². The van der Waals surface area contributed by atoms with Crippen molar-refractivity contribution in [3.63, 3.8) is 0 Å². The summed E-state index contributed by atoms with van der Waals surface area (Å²) in [6.07, 6.45) is 0. The Morgan fingerprint density at radius 3 is 2.38 bits per heavy atom. The van der Waals surface area contributed by atoms with Gasteiger partial charge in [0.05, 0.1) is 16.4 Å². The van der Waals surface area contributed by atoms with Crippen LogP contribution in [0, 0.1) is 10.1 Å². The van der Waals surface area contributed by atoms with Crippen molar-refractivity contribution in [2.24, 2.45) is 0 Å². The summed E-state index contributed by atoms with van der Waals surface area (Å²) in [7, 11) is 0. The average Bonchev–Trinajstić information content (AvgIpc) is 2.17. The second-order valence-corrected chi connectivity index (χ2v) is 3.60. The van der Waals surface area contributed by atoms with Crippen LogP contribution in [0.5, 0.6) is 0 Å². The first-order valence-corrected chi connectivity index (χ1v) is 4.56. The largest absolute Gasteiger partial charge is 0.395 e. The van der Waals surface area contributed by atoms with Crippen LogP contribution in [0.2, 0.25) is 0 Å². The lowest BCUT2D eigenvalue weighted by atomic mass is 10.1. The molecule has 0 unspecified atom stereocenters. The van der Waals surface area contributed by atoms with Crippen LogP contribution in [-0.4, -0.2) is 16.6 Å². The van der Waals surface area contributed by atoms with Gasteiger partial charge in [-0.2, -0.15) is 0 Å². The number of aliphatic hydroxyl groups excluding tert-OH is 1. The fourth-order valence-electron chi connectivity index (χ4n) is 0.910. The number of non-ortho nitro benzene ring substituents is 1. The molecule has 13 heavy (non-hydrogen) atoms. The minimum atomic E-state index is -0.452. The van der Waals surface area contributed by atoms with E-state index < -0.39 is 4.92 Å². The zero-order valence-electron chi connectivity index (χ0n) is 6.68. The number of nitrogens with zero attached hydrogens (tertiary/aromatic N) is 1. The summed E-state index contributed by atoms with van der Waals surface area (Å²) in [4.78, 5) is 9.68. The monoisotopic (exact) mass is 245 g/mol. The third-order valence-corrected chi connectivity index (χ3v) is 2.44. The van der Waals surface area contributed by atoms with Gasteiger partial charge in [0.25, 0.3) is 5.69 Å². The average molecular weight is 246 g/mol. The first-order chi connectivity index (χ1) is 6.15. The highest BCUT2D eigenvalue weighted by molar-refractivity contribution is 9.09. The van der Waals surface area contributed by atoms with Crippen LogP contribution in [0.15, 0.2) is 24.3 Å². The van der Waals surface area contributed by atoms with Gasteiger partial charge in [-0.15, -0.1) is 0 Å². The van der Waals surface area contributed by atoms with E-state index in [1.165, 1.54) is 12.1 Å².